The molecule has 3 fully saturated rings. The number of fused-ring (bicyclic) bond motifs is 5. The zero-order chi connectivity index (χ0) is 11.3. The molecule has 90 valence electrons. The lowest BCUT2D eigenvalue weighted by Gasteiger charge is -2.23. The molecule has 15 heavy (non-hydrogen) atoms. The van der Waals surface area contributed by atoms with Crippen LogP contribution in [0.15, 0.2) is 0 Å². The van der Waals surface area contributed by atoms with E-state index in [1.54, 1.807) is 45.4 Å². The second-order valence-corrected chi connectivity index (χ2v) is 4.91. The van der Waals surface area contributed by atoms with Gasteiger partial charge >= 0.3 is 0 Å². The number of hydrogen-bond donors (Lipinski definition) is 2. The van der Waals surface area contributed by atoms with E-state index in [0.29, 0.717) is 0 Å². The maximum atomic E-state index is 7.57. The van der Waals surface area contributed by atoms with Crippen LogP contribution in [-0.2, 0) is 0 Å². The molecule has 0 aromatic rings. The van der Waals surface area contributed by atoms with E-state index < -0.39 is 0 Å². The van der Waals surface area contributed by atoms with Crippen molar-refractivity contribution in [3.8, 4) is 0 Å². The third-order valence-corrected chi connectivity index (χ3v) is 4.35. The molecule has 0 aliphatic heterocycles. The Bertz CT molecular complexity index is 154. The van der Waals surface area contributed by atoms with Gasteiger partial charge in [0.25, 0.3) is 0 Å². The van der Waals surface area contributed by atoms with Gasteiger partial charge in [-0.25, -0.2) is 0 Å². The van der Waals surface area contributed by atoms with Gasteiger partial charge in [0, 0.05) is 13.7 Å². The van der Waals surface area contributed by atoms with Crippen molar-refractivity contribution in [1.82, 2.24) is 0 Å². The van der Waals surface area contributed by atoms with E-state index in [0.717, 1.165) is 7.11 Å². The molecule has 2 nitrogen and oxygen atoms in total. The maximum Gasteiger partial charge on any atom is 0.0402 e. The number of hydrogen-bond acceptors (Lipinski definition) is 2. The Morgan fingerprint density at radius 1 is 0.933 bits per heavy atom. The van der Waals surface area contributed by atoms with E-state index in [1.807, 2.05) is 0 Å². The van der Waals surface area contributed by atoms with E-state index >= 15 is 0 Å². The van der Waals surface area contributed by atoms with Gasteiger partial charge in [0.05, 0.1) is 0 Å². The first-order chi connectivity index (χ1) is 7.36. The minimum absolute atomic E-state index is 0.250. The van der Waals surface area contributed by atoms with E-state index in [2.05, 4.69) is 0 Å². The number of rotatable bonds is 0. The van der Waals surface area contributed by atoms with Gasteiger partial charge in [-0.2, -0.15) is 0 Å². The molecule has 2 bridgehead atoms. The van der Waals surface area contributed by atoms with Gasteiger partial charge in [-0.05, 0) is 62.7 Å². The minimum Gasteiger partial charge on any atom is -0.400 e. The Labute approximate surface area is 93.7 Å². The summed E-state index contributed by atoms with van der Waals surface area (Å²) >= 11 is 0. The Hall–Kier alpha value is -0.0800. The molecular formula is C13H26O2. The van der Waals surface area contributed by atoms with Gasteiger partial charge in [-0.15, -0.1) is 0 Å². The van der Waals surface area contributed by atoms with Crippen LogP contribution in [0, 0.1) is 23.7 Å². The molecule has 3 aliphatic rings. The van der Waals surface area contributed by atoms with Crippen LogP contribution in [0.5, 0.6) is 0 Å². The average Bonchev–Trinajstić information content (AvgIpc) is 2.96. The Morgan fingerprint density at radius 2 is 1.33 bits per heavy atom. The Kier molecular flexibility index (Phi) is 5.62. The number of aliphatic hydroxyl groups is 2. The van der Waals surface area contributed by atoms with Crippen LogP contribution in [0.1, 0.15) is 45.4 Å². The van der Waals surface area contributed by atoms with Crippen molar-refractivity contribution in [2.45, 2.75) is 45.4 Å². The first-order valence-electron chi connectivity index (χ1n) is 6.42. The normalized spacial score (nSPS) is 40.0. The van der Waals surface area contributed by atoms with Crippen molar-refractivity contribution < 1.29 is 10.2 Å². The van der Waals surface area contributed by atoms with Gasteiger partial charge in [-0.1, -0.05) is 6.42 Å². The van der Waals surface area contributed by atoms with Crippen LogP contribution in [0.25, 0.3) is 0 Å². The van der Waals surface area contributed by atoms with Gasteiger partial charge in [-0.3, -0.25) is 0 Å². The minimum atomic E-state index is 0.250. The molecule has 0 aromatic heterocycles. The van der Waals surface area contributed by atoms with Crippen molar-refractivity contribution in [2.75, 3.05) is 13.7 Å². The zero-order valence-corrected chi connectivity index (χ0v) is 10.2. The van der Waals surface area contributed by atoms with E-state index in [4.69, 9.17) is 10.2 Å². The summed E-state index contributed by atoms with van der Waals surface area (Å²) in [4.78, 5) is 0. The van der Waals surface area contributed by atoms with Crippen LogP contribution in [-0.4, -0.2) is 23.9 Å². The standard InChI is InChI=1S/C10H16.C2H6O.CH4O/c1-2-9-7-4-5-8(6-7)10(9)3-1;1-2-3;1-2/h7-10H,1-6H2;3H,2H2,1H3;2H,1H3. The average molecular weight is 214 g/mol. The topological polar surface area (TPSA) is 40.5 Å². The summed E-state index contributed by atoms with van der Waals surface area (Å²) in [6.45, 7) is 1.93. The SMILES string of the molecule is C1CC2C3CCC(C3)C2C1.CCO.CO. The van der Waals surface area contributed by atoms with Crippen molar-refractivity contribution >= 4 is 0 Å². The molecule has 3 aliphatic carbocycles. The van der Waals surface area contributed by atoms with Crippen LogP contribution in [0.4, 0.5) is 0 Å². The predicted octanol–water partition coefficient (Wildman–Crippen LogP) is 2.44. The molecule has 0 spiro atoms. The summed E-state index contributed by atoms with van der Waals surface area (Å²) in [7, 11) is 1.00. The first kappa shape index (κ1) is 13.0. The quantitative estimate of drug-likeness (QED) is 0.650. The molecule has 3 saturated carbocycles. The largest absolute Gasteiger partial charge is 0.400 e. The van der Waals surface area contributed by atoms with Crippen molar-refractivity contribution in [3.05, 3.63) is 0 Å². The van der Waals surface area contributed by atoms with Gasteiger partial charge in [0.2, 0.25) is 0 Å². The maximum absolute atomic E-state index is 7.57. The van der Waals surface area contributed by atoms with Crippen molar-refractivity contribution in [2.24, 2.45) is 23.7 Å². The lowest BCUT2D eigenvalue weighted by Crippen LogP contribution is -2.15. The predicted molar refractivity (Wildman–Crippen MR) is 62.6 cm³/mol. The second-order valence-electron chi connectivity index (χ2n) is 4.91. The molecule has 4 unspecified atom stereocenters. The van der Waals surface area contributed by atoms with Gasteiger partial charge in [0.1, 0.15) is 0 Å². The highest BCUT2D eigenvalue weighted by molar-refractivity contribution is 4.98. The van der Waals surface area contributed by atoms with E-state index in [9.17, 15) is 0 Å². The van der Waals surface area contributed by atoms with Crippen molar-refractivity contribution in [1.29, 1.82) is 0 Å². The van der Waals surface area contributed by atoms with Gasteiger partial charge < -0.3 is 10.2 Å². The molecular weight excluding hydrogens is 188 g/mol. The first-order valence-corrected chi connectivity index (χ1v) is 6.42. The van der Waals surface area contributed by atoms with Gasteiger partial charge in [0.15, 0.2) is 0 Å². The highest BCUT2D eigenvalue weighted by Crippen LogP contribution is 2.58. The van der Waals surface area contributed by atoms with Crippen LogP contribution >= 0.6 is 0 Å². The molecule has 0 heterocycles. The molecule has 4 atom stereocenters. The van der Waals surface area contributed by atoms with E-state index in [-0.39, 0.29) is 6.61 Å². The lowest BCUT2D eigenvalue weighted by molar-refractivity contribution is 0.259. The fourth-order valence-electron chi connectivity index (χ4n) is 4.02. The third kappa shape index (κ3) is 2.73. The molecule has 0 radical (unpaired) electrons. The highest BCUT2D eigenvalue weighted by Gasteiger charge is 2.48. The summed E-state index contributed by atoms with van der Waals surface area (Å²) in [5.74, 6) is 4.80. The molecule has 0 aromatic carbocycles. The van der Waals surface area contributed by atoms with Crippen LogP contribution < -0.4 is 0 Å². The summed E-state index contributed by atoms with van der Waals surface area (Å²) in [6, 6.07) is 0. The Balaban J connectivity index is 0.000000198. The second kappa shape index (κ2) is 6.49. The number of aliphatic hydroxyl groups excluding tert-OH is 2. The molecule has 0 amide bonds. The summed E-state index contributed by atoms with van der Waals surface area (Å²) in [6.07, 6.45) is 9.53. The fourth-order valence-corrected chi connectivity index (χ4v) is 4.02. The molecule has 2 N–H and O–H groups in total. The fraction of sp³-hybridized carbons (Fsp3) is 1.00. The molecule has 3 rings (SSSR count). The van der Waals surface area contributed by atoms with Crippen molar-refractivity contribution in [3.63, 3.8) is 0 Å². The monoisotopic (exact) mass is 214 g/mol. The molecule has 2 heteroatoms. The summed E-state index contributed by atoms with van der Waals surface area (Å²) in [5.41, 5.74) is 0. The van der Waals surface area contributed by atoms with E-state index in [1.165, 1.54) is 23.7 Å². The summed E-state index contributed by atoms with van der Waals surface area (Å²) < 4.78 is 0. The highest BCUT2D eigenvalue weighted by atomic mass is 16.2. The third-order valence-electron chi connectivity index (χ3n) is 4.35. The van der Waals surface area contributed by atoms with Crippen LogP contribution in [0.3, 0.4) is 0 Å². The zero-order valence-electron chi connectivity index (χ0n) is 10.2. The smallest absolute Gasteiger partial charge is 0.0402 e. The van der Waals surface area contributed by atoms with Crippen LogP contribution in [0.2, 0.25) is 0 Å². The Morgan fingerprint density at radius 3 is 1.73 bits per heavy atom. The summed E-state index contributed by atoms with van der Waals surface area (Å²) in [5, 5.41) is 14.6. The molecule has 0 saturated heterocycles. The lowest BCUT2D eigenvalue weighted by atomic mass is 9.82.